The van der Waals surface area contributed by atoms with Crippen LogP contribution in [0, 0.1) is 0 Å². The van der Waals surface area contributed by atoms with Gasteiger partial charge in [-0.1, -0.05) is 0 Å². The lowest BCUT2D eigenvalue weighted by atomic mass is 10.2. The largest absolute Gasteiger partial charge is 0.497 e. The number of nitrogens with one attached hydrogen (secondary N) is 3. The summed E-state index contributed by atoms with van der Waals surface area (Å²) in [5, 5.41) is 2.51. The SMILES string of the molecule is COc1ccc(NC(=O)COC(=O)c2cc(=O)[nH]c(=O)[nH]2)c(OC)c1. The van der Waals surface area contributed by atoms with Crippen LogP contribution in [0.3, 0.4) is 0 Å². The Morgan fingerprint density at radius 1 is 1.08 bits per heavy atom. The Labute approximate surface area is 140 Å². The Bertz CT molecular complexity index is 872. The second kappa shape index (κ2) is 7.81. The third-order valence-corrected chi connectivity index (χ3v) is 3.00. The molecule has 0 aliphatic heterocycles. The number of H-pyrrole nitrogens is 2. The third-order valence-electron chi connectivity index (χ3n) is 3.00. The number of amides is 1. The molecule has 1 aromatic heterocycles. The first-order chi connectivity index (χ1) is 11.9. The smallest absolute Gasteiger partial charge is 0.355 e. The van der Waals surface area contributed by atoms with E-state index in [0.717, 1.165) is 6.07 Å². The van der Waals surface area contributed by atoms with Gasteiger partial charge >= 0.3 is 11.7 Å². The van der Waals surface area contributed by atoms with E-state index in [1.807, 2.05) is 4.98 Å². The van der Waals surface area contributed by atoms with Gasteiger partial charge in [0, 0.05) is 12.1 Å². The molecular formula is C15H15N3O7. The third kappa shape index (κ3) is 4.70. The number of hydrogen-bond acceptors (Lipinski definition) is 7. The van der Waals surface area contributed by atoms with Crippen LogP contribution in [0.2, 0.25) is 0 Å². The molecule has 0 spiro atoms. The minimum Gasteiger partial charge on any atom is -0.497 e. The van der Waals surface area contributed by atoms with Gasteiger partial charge in [-0.15, -0.1) is 0 Å². The zero-order valence-electron chi connectivity index (χ0n) is 13.4. The summed E-state index contributed by atoms with van der Waals surface area (Å²) in [5.41, 5.74) is -1.62. The highest BCUT2D eigenvalue weighted by Gasteiger charge is 2.14. The molecule has 2 aromatic rings. The fourth-order valence-electron chi connectivity index (χ4n) is 1.88. The van der Waals surface area contributed by atoms with Gasteiger partial charge < -0.3 is 24.5 Å². The molecule has 0 saturated heterocycles. The van der Waals surface area contributed by atoms with Crippen molar-refractivity contribution in [2.45, 2.75) is 0 Å². The summed E-state index contributed by atoms with van der Waals surface area (Å²) >= 11 is 0. The van der Waals surface area contributed by atoms with E-state index in [0.29, 0.717) is 17.2 Å². The molecule has 0 saturated carbocycles. The molecule has 3 N–H and O–H groups in total. The summed E-state index contributed by atoms with van der Waals surface area (Å²) in [6.45, 7) is -0.622. The van der Waals surface area contributed by atoms with Crippen molar-refractivity contribution in [3.8, 4) is 11.5 Å². The van der Waals surface area contributed by atoms with Crippen LogP contribution in [0.25, 0.3) is 0 Å². The van der Waals surface area contributed by atoms with Crippen molar-refractivity contribution in [1.82, 2.24) is 9.97 Å². The molecule has 25 heavy (non-hydrogen) atoms. The van der Waals surface area contributed by atoms with Gasteiger partial charge in [0.2, 0.25) is 0 Å². The zero-order chi connectivity index (χ0) is 18.4. The van der Waals surface area contributed by atoms with E-state index in [4.69, 9.17) is 14.2 Å². The number of carbonyl (C=O) groups is 2. The van der Waals surface area contributed by atoms with Crippen molar-refractivity contribution in [2.24, 2.45) is 0 Å². The molecule has 0 aliphatic rings. The number of rotatable bonds is 6. The van der Waals surface area contributed by atoms with E-state index < -0.39 is 29.7 Å². The van der Waals surface area contributed by atoms with Crippen molar-refractivity contribution in [1.29, 1.82) is 0 Å². The van der Waals surface area contributed by atoms with E-state index >= 15 is 0 Å². The van der Waals surface area contributed by atoms with Crippen molar-refractivity contribution < 1.29 is 23.8 Å². The molecule has 0 radical (unpaired) electrons. The number of anilines is 1. The van der Waals surface area contributed by atoms with Crippen LogP contribution in [0.5, 0.6) is 11.5 Å². The standard InChI is InChI=1S/C15H15N3O7/c1-23-8-3-4-9(11(5-8)24-2)16-13(20)7-25-14(21)10-6-12(19)18-15(22)17-10/h3-6H,7H2,1-2H3,(H,16,20)(H2,17,18,19,22). The van der Waals surface area contributed by atoms with Crippen LogP contribution < -0.4 is 26.0 Å². The average molecular weight is 349 g/mol. The number of methoxy groups -OCH3 is 2. The van der Waals surface area contributed by atoms with E-state index in [9.17, 15) is 19.2 Å². The molecule has 1 heterocycles. The van der Waals surface area contributed by atoms with Gasteiger partial charge in [0.25, 0.3) is 11.5 Å². The maximum absolute atomic E-state index is 11.9. The van der Waals surface area contributed by atoms with Crippen molar-refractivity contribution >= 4 is 17.6 Å². The van der Waals surface area contributed by atoms with Gasteiger partial charge in [0.15, 0.2) is 6.61 Å². The molecule has 2 rings (SSSR count). The number of ether oxygens (including phenoxy) is 3. The Kier molecular flexibility index (Phi) is 5.56. The summed E-state index contributed by atoms with van der Waals surface area (Å²) < 4.78 is 14.9. The van der Waals surface area contributed by atoms with Gasteiger partial charge in [-0.3, -0.25) is 14.6 Å². The molecule has 0 aliphatic carbocycles. The highest BCUT2D eigenvalue weighted by atomic mass is 16.5. The van der Waals surface area contributed by atoms with E-state index in [-0.39, 0.29) is 5.69 Å². The fraction of sp³-hybridized carbons (Fsp3) is 0.200. The van der Waals surface area contributed by atoms with Gasteiger partial charge in [-0.05, 0) is 12.1 Å². The summed E-state index contributed by atoms with van der Waals surface area (Å²) in [5.74, 6) is -0.749. The van der Waals surface area contributed by atoms with Crippen LogP contribution in [0.4, 0.5) is 5.69 Å². The van der Waals surface area contributed by atoms with Crippen LogP contribution in [-0.2, 0) is 9.53 Å². The van der Waals surface area contributed by atoms with Crippen LogP contribution in [-0.4, -0.2) is 42.7 Å². The summed E-state index contributed by atoms with van der Waals surface area (Å²) in [4.78, 5) is 49.9. The predicted octanol–water partition coefficient (Wildman–Crippen LogP) is -0.124. The Morgan fingerprint density at radius 2 is 1.84 bits per heavy atom. The molecule has 0 fully saturated rings. The summed E-state index contributed by atoms with van der Waals surface area (Å²) in [6, 6.07) is 5.60. The minimum absolute atomic E-state index is 0.355. The molecule has 132 valence electrons. The van der Waals surface area contributed by atoms with Crippen molar-refractivity contribution in [2.75, 3.05) is 26.1 Å². The molecule has 1 aromatic carbocycles. The normalized spacial score (nSPS) is 10.0. The highest BCUT2D eigenvalue weighted by Crippen LogP contribution is 2.28. The Morgan fingerprint density at radius 3 is 2.48 bits per heavy atom. The van der Waals surface area contributed by atoms with Crippen LogP contribution >= 0.6 is 0 Å². The molecule has 10 heteroatoms. The van der Waals surface area contributed by atoms with E-state index in [1.54, 1.807) is 18.2 Å². The second-order valence-corrected chi connectivity index (χ2v) is 4.69. The predicted molar refractivity (Wildman–Crippen MR) is 86.1 cm³/mol. The first-order valence-electron chi connectivity index (χ1n) is 6.95. The monoisotopic (exact) mass is 349 g/mol. The molecule has 1 amide bonds. The lowest BCUT2D eigenvalue weighted by molar-refractivity contribution is -0.119. The average Bonchev–Trinajstić information content (AvgIpc) is 2.59. The second-order valence-electron chi connectivity index (χ2n) is 4.69. The topological polar surface area (TPSA) is 140 Å². The van der Waals surface area contributed by atoms with E-state index in [2.05, 4.69) is 10.3 Å². The van der Waals surface area contributed by atoms with Gasteiger partial charge in [0.05, 0.1) is 19.9 Å². The number of aromatic amines is 2. The molecular weight excluding hydrogens is 334 g/mol. The lowest BCUT2D eigenvalue weighted by Gasteiger charge is -2.11. The summed E-state index contributed by atoms with van der Waals surface area (Å²) in [6.07, 6.45) is 0. The number of benzene rings is 1. The fourth-order valence-corrected chi connectivity index (χ4v) is 1.88. The number of carbonyl (C=O) groups excluding carboxylic acids is 2. The molecule has 10 nitrogen and oxygen atoms in total. The quantitative estimate of drug-likeness (QED) is 0.617. The Balaban J connectivity index is 2.00. The van der Waals surface area contributed by atoms with Gasteiger partial charge in [0.1, 0.15) is 17.2 Å². The minimum atomic E-state index is -1.01. The lowest BCUT2D eigenvalue weighted by Crippen LogP contribution is -2.27. The molecule has 0 bridgehead atoms. The van der Waals surface area contributed by atoms with Gasteiger partial charge in [-0.25, -0.2) is 9.59 Å². The number of esters is 1. The molecule has 0 atom stereocenters. The number of aromatic nitrogens is 2. The Hall–Kier alpha value is -3.56. The van der Waals surface area contributed by atoms with Crippen LogP contribution in [0.1, 0.15) is 10.5 Å². The zero-order valence-corrected chi connectivity index (χ0v) is 13.4. The maximum atomic E-state index is 11.9. The summed E-state index contributed by atoms with van der Waals surface area (Å²) in [7, 11) is 2.92. The highest BCUT2D eigenvalue weighted by molar-refractivity contribution is 5.95. The van der Waals surface area contributed by atoms with Gasteiger partial charge in [-0.2, -0.15) is 0 Å². The number of hydrogen-bond donors (Lipinski definition) is 3. The first-order valence-corrected chi connectivity index (χ1v) is 6.95. The van der Waals surface area contributed by atoms with Crippen LogP contribution in [0.15, 0.2) is 33.9 Å². The molecule has 0 unspecified atom stereocenters. The first kappa shape index (κ1) is 17.8. The maximum Gasteiger partial charge on any atom is 0.355 e. The van der Waals surface area contributed by atoms with Crippen molar-refractivity contribution in [3.63, 3.8) is 0 Å². The van der Waals surface area contributed by atoms with E-state index in [1.165, 1.54) is 14.2 Å². The van der Waals surface area contributed by atoms with Crippen molar-refractivity contribution in [3.05, 3.63) is 50.8 Å².